The Hall–Kier alpha value is -4.95. The van der Waals surface area contributed by atoms with Crippen molar-refractivity contribution < 1.29 is 47.7 Å². The SMILES string of the molecule is CCCCCCCCCCCCC[C@@H](CC(N)=O)OC(=O)[C@H](CCCC(=O)OCc1ccccc1)N(C=O)[C@@H]1Cc2ncn(C(=O)OC(C)(C)C)c2CN1C(=O)OC(C)(C)C. The summed E-state index contributed by atoms with van der Waals surface area (Å²) >= 11 is 0. The molecule has 2 heterocycles. The van der Waals surface area contributed by atoms with Gasteiger partial charge in [-0.3, -0.25) is 19.3 Å². The standard InChI is InChI=1S/C46H71N5O10/c1-8-9-10-11-12-13-14-15-16-17-21-25-35(28-39(47)53)59-42(55)37(26-22-27-41(54)58-31-34-23-19-18-20-24-34)51(33-52)40-29-36-38(30-49(40)43(56)60-45(2,3)4)50(32-48-36)44(57)61-46(5,6)7/h18-20,23-24,32-33,35,37,40H,8-17,21-22,25-31H2,1-7H3,(H2,47,53)/t35-,37-,40+/m0/s1. The van der Waals surface area contributed by atoms with E-state index in [1.54, 1.807) is 41.5 Å². The monoisotopic (exact) mass is 854 g/mol. The zero-order valence-electron chi connectivity index (χ0n) is 37.7. The molecule has 15 nitrogen and oxygen atoms in total. The van der Waals surface area contributed by atoms with Crippen LogP contribution in [-0.2, 0) is 57.7 Å². The summed E-state index contributed by atoms with van der Waals surface area (Å²) in [5.74, 6) is -1.95. The smallest absolute Gasteiger partial charge is 0.420 e. The summed E-state index contributed by atoms with van der Waals surface area (Å²) in [6.07, 6.45) is 10.8. The van der Waals surface area contributed by atoms with Gasteiger partial charge in [-0.1, -0.05) is 101 Å². The van der Waals surface area contributed by atoms with E-state index in [9.17, 15) is 28.8 Å². The van der Waals surface area contributed by atoms with E-state index in [1.807, 2.05) is 30.3 Å². The largest absolute Gasteiger partial charge is 0.461 e. The predicted octanol–water partition coefficient (Wildman–Crippen LogP) is 8.51. The zero-order chi connectivity index (χ0) is 45.0. The molecule has 0 spiro atoms. The molecule has 3 atom stereocenters. The second kappa shape index (κ2) is 25.1. The molecule has 0 saturated heterocycles. The Kier molecular flexibility index (Phi) is 20.7. The number of aromatic nitrogens is 2. The number of benzene rings is 1. The summed E-state index contributed by atoms with van der Waals surface area (Å²) in [6.45, 7) is 12.4. The van der Waals surface area contributed by atoms with E-state index < -0.39 is 59.5 Å². The minimum atomic E-state index is -1.31. The molecule has 0 radical (unpaired) electrons. The van der Waals surface area contributed by atoms with Crippen LogP contribution >= 0.6 is 0 Å². The first-order valence-electron chi connectivity index (χ1n) is 22.1. The Morgan fingerprint density at radius 3 is 2.00 bits per heavy atom. The maximum absolute atomic E-state index is 14.3. The quantitative estimate of drug-likeness (QED) is 0.0436. The predicted molar refractivity (Wildman–Crippen MR) is 230 cm³/mol. The molecule has 0 aliphatic carbocycles. The fraction of sp³-hybridized carbons (Fsp3) is 0.674. The Balaban J connectivity index is 1.85. The Morgan fingerprint density at radius 1 is 0.836 bits per heavy atom. The number of carbonyl (C=O) groups is 6. The van der Waals surface area contributed by atoms with Crippen molar-refractivity contribution in [3.8, 4) is 0 Å². The molecule has 2 aromatic rings. The summed E-state index contributed by atoms with van der Waals surface area (Å²) in [7, 11) is 0. The van der Waals surface area contributed by atoms with Crippen molar-refractivity contribution in [1.29, 1.82) is 0 Å². The minimum Gasteiger partial charge on any atom is -0.461 e. The van der Waals surface area contributed by atoms with E-state index in [2.05, 4.69) is 11.9 Å². The number of fused-ring (bicyclic) bond motifs is 1. The van der Waals surface area contributed by atoms with E-state index in [0.29, 0.717) is 30.6 Å². The average molecular weight is 854 g/mol. The summed E-state index contributed by atoms with van der Waals surface area (Å²) < 4.78 is 24.0. The van der Waals surface area contributed by atoms with Crippen LogP contribution in [0.5, 0.6) is 0 Å². The molecule has 1 aromatic heterocycles. The van der Waals surface area contributed by atoms with Crippen molar-refractivity contribution in [3.05, 3.63) is 53.6 Å². The molecule has 1 aromatic carbocycles. The van der Waals surface area contributed by atoms with Crippen molar-refractivity contribution in [1.82, 2.24) is 19.4 Å². The Labute approximate surface area is 362 Å². The average Bonchev–Trinajstić information content (AvgIpc) is 3.60. The van der Waals surface area contributed by atoms with Gasteiger partial charge in [0.05, 0.1) is 24.4 Å². The molecular weight excluding hydrogens is 783 g/mol. The van der Waals surface area contributed by atoms with Gasteiger partial charge >= 0.3 is 24.1 Å². The molecule has 0 unspecified atom stereocenters. The highest BCUT2D eigenvalue weighted by Crippen LogP contribution is 2.30. The number of nitrogens with two attached hydrogens (primary N) is 1. The highest BCUT2D eigenvalue weighted by molar-refractivity contribution is 5.80. The number of esters is 2. The van der Waals surface area contributed by atoms with Crippen LogP contribution in [0, 0.1) is 0 Å². The van der Waals surface area contributed by atoms with Crippen LogP contribution in [-0.4, -0.2) is 85.3 Å². The van der Waals surface area contributed by atoms with Gasteiger partial charge in [0.25, 0.3) is 0 Å². The summed E-state index contributed by atoms with van der Waals surface area (Å²) in [6, 6.07) is 7.90. The lowest BCUT2D eigenvalue weighted by Crippen LogP contribution is -2.59. The van der Waals surface area contributed by atoms with Crippen molar-refractivity contribution in [3.63, 3.8) is 0 Å². The Bertz CT molecular complexity index is 1700. The Morgan fingerprint density at radius 2 is 1.43 bits per heavy atom. The van der Waals surface area contributed by atoms with Gasteiger partial charge in [-0.05, 0) is 72.8 Å². The minimum absolute atomic E-state index is 0.0440. The van der Waals surface area contributed by atoms with Crippen LogP contribution in [0.2, 0.25) is 0 Å². The van der Waals surface area contributed by atoms with E-state index in [0.717, 1.165) is 24.8 Å². The lowest BCUT2D eigenvalue weighted by atomic mass is 10.0. The van der Waals surface area contributed by atoms with Crippen molar-refractivity contribution in [2.75, 3.05) is 0 Å². The van der Waals surface area contributed by atoms with Crippen LogP contribution < -0.4 is 5.73 Å². The molecule has 0 bridgehead atoms. The van der Waals surface area contributed by atoms with Crippen LogP contribution in [0.4, 0.5) is 9.59 Å². The van der Waals surface area contributed by atoms with E-state index in [-0.39, 0.29) is 45.3 Å². The third-order valence-corrected chi connectivity index (χ3v) is 10.3. The lowest BCUT2D eigenvalue weighted by molar-refractivity contribution is -0.163. The first-order valence-corrected chi connectivity index (χ1v) is 22.1. The molecule has 3 rings (SSSR count). The number of ether oxygens (including phenoxy) is 4. The fourth-order valence-electron chi connectivity index (χ4n) is 7.24. The maximum Gasteiger partial charge on any atom is 0.420 e. The number of unbranched alkanes of at least 4 members (excludes halogenated alkanes) is 10. The van der Waals surface area contributed by atoms with Gasteiger partial charge in [-0.15, -0.1) is 0 Å². The van der Waals surface area contributed by atoms with Gasteiger partial charge in [-0.2, -0.15) is 0 Å². The topological polar surface area (TPSA) is 190 Å². The molecule has 340 valence electrons. The maximum atomic E-state index is 14.3. The summed E-state index contributed by atoms with van der Waals surface area (Å²) in [5, 5.41) is 0. The molecular formula is C46H71N5O10. The van der Waals surface area contributed by atoms with Gasteiger partial charge in [0.2, 0.25) is 12.3 Å². The molecule has 1 aliphatic rings. The molecule has 2 N–H and O–H groups in total. The number of carbonyl (C=O) groups excluding carboxylic acids is 6. The van der Waals surface area contributed by atoms with Gasteiger partial charge in [0, 0.05) is 12.8 Å². The highest BCUT2D eigenvalue weighted by Gasteiger charge is 2.43. The number of rotatable bonds is 25. The van der Waals surface area contributed by atoms with Crippen molar-refractivity contribution in [2.45, 2.75) is 200 Å². The van der Waals surface area contributed by atoms with Crippen LogP contribution in [0.1, 0.15) is 168 Å². The van der Waals surface area contributed by atoms with E-state index >= 15 is 0 Å². The lowest BCUT2D eigenvalue weighted by Gasteiger charge is -2.43. The molecule has 15 heteroatoms. The molecule has 3 amide bonds. The van der Waals surface area contributed by atoms with Crippen LogP contribution in [0.25, 0.3) is 0 Å². The summed E-state index contributed by atoms with van der Waals surface area (Å²) in [5.41, 5.74) is 5.44. The van der Waals surface area contributed by atoms with Gasteiger partial charge in [0.1, 0.15) is 42.4 Å². The van der Waals surface area contributed by atoms with Gasteiger partial charge in [-0.25, -0.2) is 23.9 Å². The van der Waals surface area contributed by atoms with Crippen LogP contribution in [0.15, 0.2) is 36.7 Å². The zero-order valence-corrected chi connectivity index (χ0v) is 37.7. The third kappa shape index (κ3) is 18.3. The number of hydrogen-bond donors (Lipinski definition) is 1. The molecule has 61 heavy (non-hydrogen) atoms. The third-order valence-electron chi connectivity index (χ3n) is 10.3. The molecule has 1 aliphatic heterocycles. The molecule has 0 saturated carbocycles. The first kappa shape index (κ1) is 50.4. The second-order valence-corrected chi connectivity index (χ2v) is 17.9. The number of nitrogens with zero attached hydrogens (tertiary/aromatic N) is 4. The van der Waals surface area contributed by atoms with Gasteiger partial charge < -0.3 is 29.6 Å². The number of hydrogen-bond acceptors (Lipinski definition) is 11. The second-order valence-electron chi connectivity index (χ2n) is 17.9. The number of imidazole rings is 1. The van der Waals surface area contributed by atoms with Crippen molar-refractivity contribution >= 4 is 36.4 Å². The normalized spacial score (nSPS) is 14.9. The number of primary amides is 1. The molecule has 0 fully saturated rings. The summed E-state index contributed by atoms with van der Waals surface area (Å²) in [4.78, 5) is 86.7. The van der Waals surface area contributed by atoms with Gasteiger partial charge in [0.15, 0.2) is 0 Å². The van der Waals surface area contributed by atoms with E-state index in [1.165, 1.54) is 65.6 Å². The highest BCUT2D eigenvalue weighted by atomic mass is 16.6. The van der Waals surface area contributed by atoms with Crippen molar-refractivity contribution in [2.24, 2.45) is 5.73 Å². The number of amides is 3. The van der Waals surface area contributed by atoms with E-state index in [4.69, 9.17) is 24.7 Å². The fourth-order valence-corrected chi connectivity index (χ4v) is 7.24. The van der Waals surface area contributed by atoms with Crippen LogP contribution in [0.3, 0.4) is 0 Å². The first-order chi connectivity index (χ1) is 28.9.